The van der Waals surface area contributed by atoms with Crippen LogP contribution in [0.2, 0.25) is 0 Å². The summed E-state index contributed by atoms with van der Waals surface area (Å²) in [6.07, 6.45) is -2.88. The molecule has 2 heterocycles. The molecule has 0 radical (unpaired) electrons. The topological polar surface area (TPSA) is 271 Å². The minimum absolute atomic E-state index is 0. The van der Waals surface area contributed by atoms with E-state index in [4.69, 9.17) is 14.2 Å². The standard InChI is InChI=1S/C38H37N3O14.ClH/c1-14-8-16-9-23(44)38(54-4)34(50)26-19(33(49)37(38,52)27(16)31(48)24(14)35(51)40-17-6-5-7-39-12-17)10-18-25(30(26)47)22(43)11-21(28(18)45)41-36-20(13-42)29(46)32(53-3)15(2)55-36;/h5-8,10-12,15,20,23,29,32,36,41-42,44,46-48,52H,9,13H2,1-4H3,(H,40,51);1H/t15-,20+,23+,29-,32-,36-,37-,38+;/m0./s1. The van der Waals surface area contributed by atoms with Gasteiger partial charge in [-0.15, -0.1) is 12.4 Å². The number of methoxy groups -OCH3 is 2. The lowest BCUT2D eigenvalue weighted by molar-refractivity contribution is -0.214. The number of Topliss-reactive ketones (excluding diaryl/α,β-unsaturated/α-hetero) is 3. The first kappa shape index (κ1) is 40.6. The second-order valence-electron chi connectivity index (χ2n) is 13.9. The number of phenols is 2. The maximum Gasteiger partial charge on any atom is 0.259 e. The van der Waals surface area contributed by atoms with E-state index in [1.54, 1.807) is 13.0 Å². The van der Waals surface area contributed by atoms with Crippen molar-refractivity contribution in [1.29, 1.82) is 0 Å². The first-order chi connectivity index (χ1) is 26.1. The van der Waals surface area contributed by atoms with Gasteiger partial charge in [0.15, 0.2) is 17.0 Å². The number of allylic oxidation sites excluding steroid dienone is 2. The Hall–Kier alpha value is -5.11. The molecule has 1 saturated heterocycles. The lowest BCUT2D eigenvalue weighted by Crippen LogP contribution is -2.73. The number of hydrogen-bond acceptors (Lipinski definition) is 16. The van der Waals surface area contributed by atoms with Gasteiger partial charge in [0.1, 0.15) is 23.8 Å². The van der Waals surface area contributed by atoms with Crippen LogP contribution in [0.3, 0.4) is 0 Å². The van der Waals surface area contributed by atoms with Gasteiger partial charge in [-0.25, -0.2) is 0 Å². The predicted octanol–water partition coefficient (Wildman–Crippen LogP) is 0.626. The molecule has 0 spiro atoms. The van der Waals surface area contributed by atoms with Crippen LogP contribution in [0.15, 0.2) is 48.4 Å². The molecule has 3 aromatic rings. The molecule has 1 amide bonds. The van der Waals surface area contributed by atoms with Gasteiger partial charge in [0, 0.05) is 49.6 Å². The number of carbonyl (C=O) groups is 5. The molecule has 8 N–H and O–H groups in total. The highest BCUT2D eigenvalue weighted by Crippen LogP contribution is 2.56. The van der Waals surface area contributed by atoms with Crippen molar-refractivity contribution in [3.05, 3.63) is 92.9 Å². The fourth-order valence-electron chi connectivity index (χ4n) is 8.45. The summed E-state index contributed by atoms with van der Waals surface area (Å²) in [7, 11) is 2.26. The summed E-state index contributed by atoms with van der Waals surface area (Å²) in [5.41, 5.74) is -10.0. The Morgan fingerprint density at radius 3 is 2.39 bits per heavy atom. The van der Waals surface area contributed by atoms with E-state index < -0.39 is 135 Å². The third kappa shape index (κ3) is 5.49. The molecule has 1 aromatic heterocycles. The molecule has 2 aromatic carbocycles. The number of nitrogens with zero attached hydrogens (tertiary/aromatic N) is 1. The average molecular weight is 796 g/mol. The van der Waals surface area contributed by atoms with E-state index in [0.717, 1.165) is 19.3 Å². The normalized spacial score (nSPS) is 29.2. The number of aromatic nitrogens is 1. The number of anilines is 1. The van der Waals surface area contributed by atoms with E-state index in [9.17, 15) is 54.6 Å². The van der Waals surface area contributed by atoms with Crippen molar-refractivity contribution >= 4 is 47.1 Å². The number of pyridine rings is 1. The molecule has 17 nitrogen and oxygen atoms in total. The quantitative estimate of drug-likeness (QED) is 0.163. The number of nitrogens with one attached hydrogen (secondary N) is 2. The number of hydrogen-bond donors (Lipinski definition) is 8. The third-order valence-corrected chi connectivity index (χ3v) is 11.0. The van der Waals surface area contributed by atoms with E-state index in [-0.39, 0.29) is 34.8 Å². The van der Waals surface area contributed by atoms with E-state index in [1.165, 1.54) is 38.6 Å². The average Bonchev–Trinajstić information content (AvgIpc) is 3.13. The summed E-state index contributed by atoms with van der Waals surface area (Å²) in [6, 6.07) is 5.27. The maximum atomic E-state index is 14.8. The van der Waals surface area contributed by atoms with Crippen molar-refractivity contribution in [2.75, 3.05) is 26.1 Å². The van der Waals surface area contributed by atoms with Crippen LogP contribution >= 0.6 is 12.4 Å². The van der Waals surface area contributed by atoms with Gasteiger partial charge in [-0.2, -0.15) is 0 Å². The number of amides is 1. The smallest absolute Gasteiger partial charge is 0.259 e. The lowest BCUT2D eigenvalue weighted by Gasteiger charge is -2.53. The molecule has 0 saturated carbocycles. The molecule has 296 valence electrons. The van der Waals surface area contributed by atoms with Gasteiger partial charge in [0.05, 0.1) is 65.1 Å². The van der Waals surface area contributed by atoms with Crippen LogP contribution in [0, 0.1) is 12.8 Å². The van der Waals surface area contributed by atoms with Crippen LogP contribution in [0.1, 0.15) is 75.4 Å². The second-order valence-corrected chi connectivity index (χ2v) is 13.9. The summed E-state index contributed by atoms with van der Waals surface area (Å²) in [5, 5.41) is 73.7. The Morgan fingerprint density at radius 1 is 1.05 bits per heavy atom. The Bertz CT molecular complexity index is 2230. The largest absolute Gasteiger partial charge is 0.507 e. The number of carbonyl (C=O) groups excluding carboxylic acids is 5. The fraction of sp³-hybridized carbons (Fsp3) is 0.368. The van der Waals surface area contributed by atoms with E-state index in [1.807, 2.05) is 0 Å². The van der Waals surface area contributed by atoms with Gasteiger partial charge in [-0.1, -0.05) is 6.07 Å². The van der Waals surface area contributed by atoms with Crippen LogP contribution in [0.4, 0.5) is 5.69 Å². The Balaban J connectivity index is 0.00000532. The number of aromatic hydroxyl groups is 2. The number of rotatable bonds is 7. The summed E-state index contributed by atoms with van der Waals surface area (Å²) in [5.74, 6) is -8.64. The summed E-state index contributed by atoms with van der Waals surface area (Å²) >= 11 is 0. The highest BCUT2D eigenvalue weighted by Gasteiger charge is 2.72. The number of aliphatic hydroxyl groups is 4. The number of halogens is 1. The van der Waals surface area contributed by atoms with Crippen LogP contribution in [0.5, 0.6) is 11.5 Å². The molecule has 8 atom stereocenters. The highest BCUT2D eigenvalue weighted by atomic mass is 35.5. The molecule has 7 rings (SSSR count). The zero-order chi connectivity index (χ0) is 39.9. The van der Waals surface area contributed by atoms with Gasteiger partial charge >= 0.3 is 0 Å². The molecule has 0 bridgehead atoms. The molecular formula is C38H38ClN3O14. The molecule has 0 unspecified atom stereocenters. The number of ketones is 4. The molecule has 1 aliphatic heterocycles. The maximum absolute atomic E-state index is 14.8. The van der Waals surface area contributed by atoms with E-state index in [0.29, 0.717) is 0 Å². The van der Waals surface area contributed by atoms with Crippen molar-refractivity contribution in [2.24, 2.45) is 5.92 Å². The molecular weight excluding hydrogens is 758 g/mol. The Labute approximate surface area is 324 Å². The minimum Gasteiger partial charge on any atom is -0.507 e. The second kappa shape index (κ2) is 14.4. The molecule has 56 heavy (non-hydrogen) atoms. The lowest BCUT2D eigenvalue weighted by atomic mass is 9.56. The number of aliphatic hydroxyl groups excluding tert-OH is 3. The zero-order valence-electron chi connectivity index (χ0n) is 30.2. The van der Waals surface area contributed by atoms with Crippen molar-refractivity contribution in [2.45, 2.75) is 62.1 Å². The van der Waals surface area contributed by atoms with E-state index >= 15 is 0 Å². The first-order valence-corrected chi connectivity index (χ1v) is 17.2. The fourth-order valence-corrected chi connectivity index (χ4v) is 8.45. The number of fused-ring (bicyclic) bond motifs is 5. The monoisotopic (exact) mass is 795 g/mol. The van der Waals surface area contributed by atoms with Crippen LogP contribution in [0.25, 0.3) is 0 Å². The zero-order valence-corrected chi connectivity index (χ0v) is 31.0. The molecule has 3 aliphatic carbocycles. The highest BCUT2D eigenvalue weighted by molar-refractivity contribution is 6.31. The van der Waals surface area contributed by atoms with Crippen LogP contribution in [-0.4, -0.2) is 122 Å². The first-order valence-electron chi connectivity index (χ1n) is 17.2. The summed E-state index contributed by atoms with van der Waals surface area (Å²) in [6.45, 7) is 2.44. The van der Waals surface area contributed by atoms with Gasteiger partial charge < -0.3 is 55.5 Å². The third-order valence-electron chi connectivity index (χ3n) is 11.0. The Kier molecular flexibility index (Phi) is 10.5. The predicted molar refractivity (Wildman–Crippen MR) is 194 cm³/mol. The summed E-state index contributed by atoms with van der Waals surface area (Å²) < 4.78 is 16.7. The number of ether oxygens (including phenoxy) is 3. The van der Waals surface area contributed by atoms with Crippen molar-refractivity contribution < 1.29 is 68.8 Å². The number of phenolic OH excluding ortho intramolecular Hbond substituents is 2. The van der Waals surface area contributed by atoms with Gasteiger partial charge in [0.2, 0.25) is 17.3 Å². The van der Waals surface area contributed by atoms with Gasteiger partial charge in [-0.3, -0.25) is 29.0 Å². The molecule has 1 fully saturated rings. The number of aryl methyl sites for hydroxylation is 1. The molecule has 18 heteroatoms. The van der Waals surface area contributed by atoms with E-state index in [2.05, 4.69) is 15.6 Å². The SMILES string of the molecule is CO[C@@H]1[C@@H](O)[C@@H](CO)[C@@H](NC2=CC(=O)c3c(cc4c(c3O)C(=O)[C@]3(OC)[C@H](O)Cc5cc(C)c(C(=O)Nc6cccnc6)c(O)c5[C@]3(O)C4=O)C2=O)O[C@H]1C.Cl. The van der Waals surface area contributed by atoms with Crippen molar-refractivity contribution in [1.82, 2.24) is 10.3 Å². The molecule has 4 aliphatic rings. The number of benzene rings is 2. The van der Waals surface area contributed by atoms with Crippen molar-refractivity contribution in [3.63, 3.8) is 0 Å². The minimum atomic E-state index is -3.27. The van der Waals surface area contributed by atoms with Crippen molar-refractivity contribution in [3.8, 4) is 11.5 Å². The van der Waals surface area contributed by atoms with Crippen LogP contribution in [-0.2, 0) is 26.2 Å². The summed E-state index contributed by atoms with van der Waals surface area (Å²) in [4.78, 5) is 74.5. The van der Waals surface area contributed by atoms with Gasteiger partial charge in [0.25, 0.3) is 5.91 Å². The van der Waals surface area contributed by atoms with Crippen LogP contribution < -0.4 is 10.6 Å². The van der Waals surface area contributed by atoms with Gasteiger partial charge in [-0.05, 0) is 43.2 Å². The Morgan fingerprint density at radius 2 is 1.77 bits per heavy atom.